The number of piperidine rings is 1. The highest BCUT2D eigenvalue weighted by molar-refractivity contribution is 7.91. The molecule has 1 fully saturated rings. The molecule has 2 aromatic rings. The molecule has 0 radical (unpaired) electrons. The van der Waals surface area contributed by atoms with Crippen LogP contribution in [0.1, 0.15) is 42.5 Å². The molecule has 1 aliphatic rings. The lowest BCUT2D eigenvalue weighted by atomic mass is 10.1. The van der Waals surface area contributed by atoms with Crippen LogP contribution in [0.3, 0.4) is 0 Å². The summed E-state index contributed by atoms with van der Waals surface area (Å²) in [6, 6.07) is 5.90. The Balaban J connectivity index is 1.34. The van der Waals surface area contributed by atoms with Crippen LogP contribution in [0.4, 0.5) is 0 Å². The van der Waals surface area contributed by atoms with Crippen molar-refractivity contribution < 1.29 is 18.9 Å². The van der Waals surface area contributed by atoms with E-state index in [4.69, 9.17) is 4.42 Å². The fourth-order valence-electron chi connectivity index (χ4n) is 3.60. The number of aliphatic hydroxyl groups is 1. The zero-order valence-electron chi connectivity index (χ0n) is 17.3. The van der Waals surface area contributed by atoms with E-state index in [2.05, 4.69) is 27.3 Å². The Morgan fingerprint density at radius 2 is 2.13 bits per heavy atom. The first-order valence-electron chi connectivity index (χ1n) is 10.6. The maximum absolute atomic E-state index is 12.0. The van der Waals surface area contributed by atoms with Crippen molar-refractivity contribution in [2.24, 2.45) is 0 Å². The number of amides is 1. The Hall–Kier alpha value is -1.87. The van der Waals surface area contributed by atoms with Gasteiger partial charge in [-0.25, -0.2) is 0 Å². The molecule has 0 aliphatic carbocycles. The van der Waals surface area contributed by atoms with Gasteiger partial charge in [0.05, 0.1) is 18.6 Å². The van der Waals surface area contributed by atoms with E-state index in [-0.39, 0.29) is 24.0 Å². The molecule has 1 aliphatic heterocycles. The number of aromatic nitrogens is 1. The van der Waals surface area contributed by atoms with Crippen molar-refractivity contribution in [2.75, 3.05) is 25.4 Å². The summed E-state index contributed by atoms with van der Waals surface area (Å²) in [6.45, 7) is 3.41. The van der Waals surface area contributed by atoms with Gasteiger partial charge in [-0.2, -0.15) is 0 Å². The second-order valence-electron chi connectivity index (χ2n) is 7.85. The smallest absolute Gasteiger partial charge is 0.270 e. The summed E-state index contributed by atoms with van der Waals surface area (Å²) >= 11 is -1.30. The van der Waals surface area contributed by atoms with E-state index in [1.165, 1.54) is 37.4 Å². The summed E-state index contributed by atoms with van der Waals surface area (Å²) in [5.41, 5.74) is 3.01. The van der Waals surface area contributed by atoms with E-state index in [1.54, 1.807) is 6.07 Å². The average molecular weight is 434 g/mol. The summed E-state index contributed by atoms with van der Waals surface area (Å²) in [5.74, 6) is -0.123. The molecule has 30 heavy (non-hydrogen) atoms. The fourth-order valence-corrected chi connectivity index (χ4v) is 4.63. The first-order chi connectivity index (χ1) is 14.6. The lowest BCUT2D eigenvalue weighted by Gasteiger charge is -2.26. The predicted molar refractivity (Wildman–Crippen MR) is 116 cm³/mol. The van der Waals surface area contributed by atoms with Crippen molar-refractivity contribution in [3.8, 4) is 0 Å². The summed E-state index contributed by atoms with van der Waals surface area (Å²) < 4.78 is 16.9. The standard InChI is InChI=1S/C22H31N3O4S/c26-21(13-24-22(27)17-30(28)16-19-7-11-29-15-19)5-4-20-12-18(6-8-23-20)14-25-9-2-1-3-10-25/h6-8,11-12,15,21,26H,1-5,9-10,13-14,16-17H2,(H,24,27). The lowest BCUT2D eigenvalue weighted by molar-refractivity contribution is -0.119. The zero-order chi connectivity index (χ0) is 21.2. The van der Waals surface area contributed by atoms with Crippen molar-refractivity contribution in [1.82, 2.24) is 15.2 Å². The molecule has 2 N–H and O–H groups in total. The number of furan rings is 1. The highest BCUT2D eigenvalue weighted by Gasteiger charge is 2.16. The molecule has 1 saturated heterocycles. The van der Waals surface area contributed by atoms with Gasteiger partial charge in [0.2, 0.25) is 0 Å². The quantitative estimate of drug-likeness (QED) is 0.526. The highest BCUT2D eigenvalue weighted by atomic mass is 32.2. The van der Waals surface area contributed by atoms with Crippen LogP contribution in [0.2, 0.25) is 0 Å². The molecule has 3 rings (SSSR count). The third-order valence-electron chi connectivity index (χ3n) is 5.20. The van der Waals surface area contributed by atoms with E-state index in [9.17, 15) is 14.5 Å². The molecular formula is C22H31N3O4S. The van der Waals surface area contributed by atoms with Crippen LogP contribution in [0.15, 0.2) is 41.3 Å². The molecule has 8 heteroatoms. The van der Waals surface area contributed by atoms with Gasteiger partial charge in [-0.1, -0.05) is 6.42 Å². The molecule has 1 amide bonds. The minimum absolute atomic E-state index is 0.0853. The van der Waals surface area contributed by atoms with E-state index in [1.807, 2.05) is 6.20 Å². The van der Waals surface area contributed by atoms with Crippen LogP contribution in [0, 0.1) is 0 Å². The number of aliphatic hydroxyl groups excluding tert-OH is 1. The summed E-state index contributed by atoms with van der Waals surface area (Å²) in [5, 5.41) is 12.9. The van der Waals surface area contributed by atoms with Crippen LogP contribution >= 0.6 is 0 Å². The van der Waals surface area contributed by atoms with Crippen LogP contribution in [-0.2, 0) is 34.7 Å². The van der Waals surface area contributed by atoms with Gasteiger partial charge in [-0.3, -0.25) is 14.7 Å². The molecule has 2 aromatic heterocycles. The Morgan fingerprint density at radius 3 is 2.90 bits per heavy atom. The minimum atomic E-state index is -1.30. The predicted octanol–water partition coefficient (Wildman–Crippen LogP) is 2.02. The maximum Gasteiger partial charge on any atom is 0.270 e. The molecule has 3 heterocycles. The average Bonchev–Trinajstić information content (AvgIpc) is 3.24. The number of carbonyl (C=O) groups is 1. The Labute approximate surface area is 181 Å². The Bertz CT molecular complexity index is 766. The summed E-state index contributed by atoms with van der Waals surface area (Å²) in [6.07, 6.45) is 9.24. The van der Waals surface area contributed by atoms with Gasteiger partial charge in [0.1, 0.15) is 5.75 Å². The molecule has 164 valence electrons. The van der Waals surface area contributed by atoms with Crippen molar-refractivity contribution in [1.29, 1.82) is 0 Å². The maximum atomic E-state index is 12.0. The SMILES string of the molecule is O=C(C[S+]([O-])Cc1ccoc1)NCC(O)CCc1cc(CN2CCCCC2)ccn1. The van der Waals surface area contributed by atoms with Crippen molar-refractivity contribution in [3.05, 3.63) is 53.7 Å². The van der Waals surface area contributed by atoms with Gasteiger partial charge in [0.25, 0.3) is 5.91 Å². The molecule has 2 unspecified atom stereocenters. The van der Waals surface area contributed by atoms with Crippen LogP contribution in [0.25, 0.3) is 0 Å². The molecule has 0 bridgehead atoms. The largest absolute Gasteiger partial charge is 0.616 e. The number of nitrogens with zero attached hydrogens (tertiary/aromatic N) is 2. The van der Waals surface area contributed by atoms with E-state index in [0.29, 0.717) is 12.8 Å². The van der Waals surface area contributed by atoms with Crippen molar-refractivity contribution in [2.45, 2.75) is 50.5 Å². The first-order valence-corrected chi connectivity index (χ1v) is 12.0. The van der Waals surface area contributed by atoms with Gasteiger partial charge in [0.15, 0.2) is 5.75 Å². The lowest BCUT2D eigenvalue weighted by Crippen LogP contribution is -2.36. The van der Waals surface area contributed by atoms with Gasteiger partial charge in [-0.05, 0) is 73.7 Å². The second-order valence-corrected chi connectivity index (χ2v) is 9.31. The molecular weight excluding hydrogens is 402 g/mol. The second kappa shape index (κ2) is 12.1. The Morgan fingerprint density at radius 1 is 1.30 bits per heavy atom. The van der Waals surface area contributed by atoms with Gasteiger partial charge < -0.3 is 19.4 Å². The highest BCUT2D eigenvalue weighted by Crippen LogP contribution is 2.14. The third kappa shape index (κ3) is 8.10. The number of aryl methyl sites for hydroxylation is 1. The number of likely N-dealkylation sites (tertiary alicyclic amines) is 1. The molecule has 2 atom stereocenters. The third-order valence-corrected chi connectivity index (χ3v) is 6.44. The van der Waals surface area contributed by atoms with Gasteiger partial charge in [0, 0.05) is 30.5 Å². The molecule has 0 spiro atoms. The number of carbonyl (C=O) groups excluding carboxylic acids is 1. The van der Waals surface area contributed by atoms with Crippen LogP contribution < -0.4 is 5.32 Å². The first kappa shape index (κ1) is 22.8. The topological polar surface area (TPSA) is 102 Å². The number of rotatable bonds is 11. The van der Waals surface area contributed by atoms with Crippen molar-refractivity contribution in [3.63, 3.8) is 0 Å². The zero-order valence-corrected chi connectivity index (χ0v) is 18.1. The van der Waals surface area contributed by atoms with Crippen molar-refractivity contribution >= 4 is 17.1 Å². The van der Waals surface area contributed by atoms with E-state index >= 15 is 0 Å². The molecule has 0 saturated carbocycles. The van der Waals surface area contributed by atoms with Crippen LogP contribution in [-0.4, -0.2) is 56.9 Å². The fraction of sp³-hybridized carbons (Fsp3) is 0.545. The van der Waals surface area contributed by atoms with E-state index in [0.717, 1.165) is 30.9 Å². The van der Waals surface area contributed by atoms with Crippen LogP contribution in [0.5, 0.6) is 0 Å². The monoisotopic (exact) mass is 433 g/mol. The molecule has 7 nitrogen and oxygen atoms in total. The number of pyridine rings is 1. The van der Waals surface area contributed by atoms with E-state index < -0.39 is 17.3 Å². The molecule has 0 aromatic carbocycles. The summed E-state index contributed by atoms with van der Waals surface area (Å²) in [4.78, 5) is 18.8. The number of nitrogens with one attached hydrogen (secondary N) is 1. The number of hydrogen-bond donors (Lipinski definition) is 2. The Kier molecular flexibility index (Phi) is 9.20. The summed E-state index contributed by atoms with van der Waals surface area (Å²) in [7, 11) is 0. The number of hydrogen-bond acceptors (Lipinski definition) is 6. The minimum Gasteiger partial charge on any atom is -0.616 e. The van der Waals surface area contributed by atoms with Gasteiger partial charge >= 0.3 is 0 Å². The normalized spacial score (nSPS) is 16.9. The van der Waals surface area contributed by atoms with Gasteiger partial charge in [-0.15, -0.1) is 0 Å².